The van der Waals surface area contributed by atoms with Gasteiger partial charge in [-0.25, -0.2) is 4.98 Å². The van der Waals surface area contributed by atoms with Gasteiger partial charge in [0.05, 0.1) is 19.3 Å². The summed E-state index contributed by atoms with van der Waals surface area (Å²) in [5, 5.41) is 7.12. The van der Waals surface area contributed by atoms with Crippen LogP contribution in [-0.2, 0) is 0 Å². The lowest BCUT2D eigenvalue weighted by Crippen LogP contribution is -2.31. The van der Waals surface area contributed by atoms with E-state index >= 15 is 0 Å². The molecule has 7 nitrogen and oxygen atoms in total. The van der Waals surface area contributed by atoms with Crippen LogP contribution in [0.2, 0.25) is 0 Å². The Kier molecular flexibility index (Phi) is 4.74. The van der Waals surface area contributed by atoms with E-state index in [1.54, 1.807) is 24.3 Å². The number of aromatic amines is 1. The minimum Gasteiger partial charge on any atom is -0.497 e. The fourth-order valence-electron chi connectivity index (χ4n) is 3.13. The van der Waals surface area contributed by atoms with Crippen LogP contribution < -0.4 is 9.47 Å². The summed E-state index contributed by atoms with van der Waals surface area (Å²) in [5.74, 6) is 1.25. The summed E-state index contributed by atoms with van der Waals surface area (Å²) < 4.78 is 11.1. The van der Waals surface area contributed by atoms with E-state index in [0.717, 1.165) is 17.7 Å². The minimum absolute atomic E-state index is 0.0513. The third kappa shape index (κ3) is 3.76. The summed E-state index contributed by atoms with van der Waals surface area (Å²) in [6, 6.07) is 14.9. The lowest BCUT2D eigenvalue weighted by atomic mass is 10.1. The molecule has 1 fully saturated rings. The van der Waals surface area contributed by atoms with Crippen molar-refractivity contribution in [3.05, 3.63) is 60.4 Å². The van der Waals surface area contributed by atoms with Gasteiger partial charge in [-0.05, 0) is 24.3 Å². The third-order valence-corrected chi connectivity index (χ3v) is 4.53. The molecule has 3 aromatic rings. The average molecular weight is 364 g/mol. The van der Waals surface area contributed by atoms with E-state index in [-0.39, 0.29) is 12.0 Å². The molecule has 7 heteroatoms. The van der Waals surface area contributed by atoms with Gasteiger partial charge in [-0.2, -0.15) is 5.10 Å². The number of amides is 1. The predicted octanol–water partition coefficient (Wildman–Crippen LogP) is 2.77. The maximum absolute atomic E-state index is 12.8. The van der Waals surface area contributed by atoms with Gasteiger partial charge in [0.2, 0.25) is 5.88 Å². The molecule has 1 atom stereocenters. The molecule has 27 heavy (non-hydrogen) atoms. The molecular weight excluding hydrogens is 344 g/mol. The molecule has 1 saturated heterocycles. The monoisotopic (exact) mass is 364 g/mol. The van der Waals surface area contributed by atoms with E-state index in [2.05, 4.69) is 15.2 Å². The Bertz CT molecular complexity index is 926. The Labute approximate surface area is 156 Å². The molecular formula is C20H20N4O3. The first-order valence-electron chi connectivity index (χ1n) is 8.80. The summed E-state index contributed by atoms with van der Waals surface area (Å²) in [5.41, 5.74) is 2.06. The number of benzene rings is 1. The van der Waals surface area contributed by atoms with E-state index < -0.39 is 0 Å². The highest BCUT2D eigenvalue weighted by Crippen LogP contribution is 2.24. The molecule has 0 bridgehead atoms. The number of H-pyrrole nitrogens is 1. The highest BCUT2D eigenvalue weighted by atomic mass is 16.5. The van der Waals surface area contributed by atoms with Gasteiger partial charge in [0, 0.05) is 30.8 Å². The van der Waals surface area contributed by atoms with Crippen LogP contribution >= 0.6 is 0 Å². The van der Waals surface area contributed by atoms with Crippen LogP contribution in [0, 0.1) is 0 Å². The molecule has 0 saturated carbocycles. The third-order valence-electron chi connectivity index (χ3n) is 4.53. The Morgan fingerprint density at radius 3 is 2.96 bits per heavy atom. The van der Waals surface area contributed by atoms with E-state index in [9.17, 15) is 4.79 Å². The number of pyridine rings is 1. The van der Waals surface area contributed by atoms with Crippen LogP contribution in [0.1, 0.15) is 16.9 Å². The second-order valence-electron chi connectivity index (χ2n) is 6.35. The van der Waals surface area contributed by atoms with Gasteiger partial charge in [-0.3, -0.25) is 9.89 Å². The van der Waals surface area contributed by atoms with Gasteiger partial charge in [0.1, 0.15) is 17.5 Å². The lowest BCUT2D eigenvalue weighted by molar-refractivity contribution is 0.0765. The second-order valence-corrected chi connectivity index (χ2v) is 6.35. The first kappa shape index (κ1) is 17.1. The number of rotatable bonds is 5. The molecule has 1 N–H and O–H groups in total. The smallest absolute Gasteiger partial charge is 0.272 e. The van der Waals surface area contributed by atoms with E-state index in [1.807, 2.05) is 42.5 Å². The normalized spacial score (nSPS) is 16.3. The van der Waals surface area contributed by atoms with Crippen LogP contribution in [0.4, 0.5) is 0 Å². The van der Waals surface area contributed by atoms with Crippen LogP contribution in [0.15, 0.2) is 54.7 Å². The highest BCUT2D eigenvalue weighted by molar-refractivity contribution is 5.93. The first-order chi connectivity index (χ1) is 13.2. The maximum Gasteiger partial charge on any atom is 0.272 e. The van der Waals surface area contributed by atoms with Gasteiger partial charge in [-0.1, -0.05) is 18.2 Å². The summed E-state index contributed by atoms with van der Waals surface area (Å²) >= 11 is 0. The van der Waals surface area contributed by atoms with Gasteiger partial charge in [0.25, 0.3) is 5.91 Å². The van der Waals surface area contributed by atoms with Crippen molar-refractivity contribution < 1.29 is 14.3 Å². The molecule has 1 unspecified atom stereocenters. The van der Waals surface area contributed by atoms with Crippen molar-refractivity contribution in [2.75, 3.05) is 20.2 Å². The summed E-state index contributed by atoms with van der Waals surface area (Å²) in [7, 11) is 1.62. The Balaban J connectivity index is 1.42. The van der Waals surface area contributed by atoms with E-state index in [4.69, 9.17) is 9.47 Å². The number of nitrogens with one attached hydrogen (secondary N) is 1. The average Bonchev–Trinajstić information content (AvgIpc) is 3.38. The van der Waals surface area contributed by atoms with Crippen molar-refractivity contribution in [2.45, 2.75) is 12.5 Å². The van der Waals surface area contributed by atoms with Crippen LogP contribution in [-0.4, -0.2) is 52.3 Å². The predicted molar refractivity (Wildman–Crippen MR) is 99.7 cm³/mol. The number of likely N-dealkylation sites (tertiary alicyclic amines) is 1. The van der Waals surface area contributed by atoms with Crippen molar-refractivity contribution in [1.29, 1.82) is 0 Å². The van der Waals surface area contributed by atoms with Crippen molar-refractivity contribution >= 4 is 5.91 Å². The molecule has 1 amide bonds. The summed E-state index contributed by atoms with van der Waals surface area (Å²) in [6.45, 7) is 1.17. The molecule has 0 radical (unpaired) electrons. The SMILES string of the molecule is COc1cccc(-c2cc(C(=O)N3CCC(Oc4ccccn4)C3)[nH]n2)c1. The van der Waals surface area contributed by atoms with Gasteiger partial charge in [0.15, 0.2) is 0 Å². The fourth-order valence-corrected chi connectivity index (χ4v) is 3.13. The molecule has 4 rings (SSSR count). The number of hydrogen-bond donors (Lipinski definition) is 1. The largest absolute Gasteiger partial charge is 0.497 e. The number of methoxy groups -OCH3 is 1. The molecule has 0 spiro atoms. The van der Waals surface area contributed by atoms with Crippen molar-refractivity contribution in [1.82, 2.24) is 20.1 Å². The molecule has 1 aliphatic rings. The number of nitrogens with zero attached hydrogens (tertiary/aromatic N) is 3. The number of carbonyl (C=O) groups is 1. The lowest BCUT2D eigenvalue weighted by Gasteiger charge is -2.16. The molecule has 1 aliphatic heterocycles. The summed E-state index contributed by atoms with van der Waals surface area (Å²) in [6.07, 6.45) is 2.42. The second kappa shape index (κ2) is 7.49. The fraction of sp³-hybridized carbons (Fsp3) is 0.250. The zero-order valence-corrected chi connectivity index (χ0v) is 15.0. The van der Waals surface area contributed by atoms with E-state index in [0.29, 0.717) is 30.4 Å². The van der Waals surface area contributed by atoms with Crippen LogP contribution in [0.3, 0.4) is 0 Å². The first-order valence-corrected chi connectivity index (χ1v) is 8.80. The molecule has 138 valence electrons. The standard InChI is InChI=1S/C20H20N4O3/c1-26-15-6-4-5-14(11-15)17-12-18(23-22-17)20(25)24-10-8-16(13-24)27-19-7-2-3-9-21-19/h2-7,9,11-12,16H,8,10,13H2,1H3,(H,22,23). The van der Waals surface area contributed by atoms with Gasteiger partial charge >= 0.3 is 0 Å². The van der Waals surface area contributed by atoms with Crippen LogP contribution in [0.5, 0.6) is 11.6 Å². The Morgan fingerprint density at radius 1 is 1.22 bits per heavy atom. The topological polar surface area (TPSA) is 80.3 Å². The number of hydrogen-bond acceptors (Lipinski definition) is 5. The number of aromatic nitrogens is 3. The molecule has 0 aliphatic carbocycles. The number of carbonyl (C=O) groups excluding carboxylic acids is 1. The minimum atomic E-state index is -0.0798. The molecule has 3 heterocycles. The quantitative estimate of drug-likeness (QED) is 0.753. The van der Waals surface area contributed by atoms with Crippen molar-refractivity contribution in [3.8, 4) is 22.9 Å². The molecule has 2 aromatic heterocycles. The van der Waals surface area contributed by atoms with Crippen LogP contribution in [0.25, 0.3) is 11.3 Å². The van der Waals surface area contributed by atoms with Gasteiger partial charge < -0.3 is 14.4 Å². The van der Waals surface area contributed by atoms with Crippen molar-refractivity contribution in [3.63, 3.8) is 0 Å². The molecule has 1 aromatic carbocycles. The highest BCUT2D eigenvalue weighted by Gasteiger charge is 2.29. The van der Waals surface area contributed by atoms with Gasteiger partial charge in [-0.15, -0.1) is 0 Å². The number of ether oxygens (including phenoxy) is 2. The Morgan fingerprint density at radius 2 is 2.15 bits per heavy atom. The zero-order chi connectivity index (χ0) is 18.6. The maximum atomic E-state index is 12.8. The van der Waals surface area contributed by atoms with E-state index in [1.165, 1.54) is 0 Å². The zero-order valence-electron chi connectivity index (χ0n) is 15.0. The van der Waals surface area contributed by atoms with Crippen molar-refractivity contribution in [2.24, 2.45) is 0 Å². The summed E-state index contributed by atoms with van der Waals surface area (Å²) in [4.78, 5) is 18.7. The Hall–Kier alpha value is -3.35.